The number of cyclic esters (lactones) is 1. The number of fused-ring (bicyclic) bond motifs is 3. The fourth-order valence-corrected chi connectivity index (χ4v) is 11.8. The highest BCUT2D eigenvalue weighted by Crippen LogP contribution is 2.53. The van der Waals surface area contributed by atoms with Crippen LogP contribution in [0.3, 0.4) is 0 Å². The van der Waals surface area contributed by atoms with Gasteiger partial charge < -0.3 is 38.8 Å². The van der Waals surface area contributed by atoms with Crippen molar-refractivity contribution in [2.75, 3.05) is 35.0 Å². The molecule has 1 amide bonds. The van der Waals surface area contributed by atoms with Crippen LogP contribution >= 0.6 is 7.82 Å². The third-order valence-electron chi connectivity index (χ3n) is 14.9. The van der Waals surface area contributed by atoms with Gasteiger partial charge in [-0.25, -0.2) is 9.36 Å². The van der Waals surface area contributed by atoms with Gasteiger partial charge in [-0.15, -0.1) is 0 Å². The van der Waals surface area contributed by atoms with Crippen molar-refractivity contribution in [3.05, 3.63) is 63.2 Å². The lowest BCUT2D eigenvalue weighted by atomic mass is 9.81. The number of aliphatic hydroxyl groups is 2. The quantitative estimate of drug-likeness (QED) is 0.0489. The van der Waals surface area contributed by atoms with Crippen molar-refractivity contribution in [2.24, 2.45) is 29.6 Å². The van der Waals surface area contributed by atoms with Crippen molar-refractivity contribution in [1.29, 1.82) is 0 Å². The van der Waals surface area contributed by atoms with Gasteiger partial charge in [-0.3, -0.25) is 38.1 Å². The summed E-state index contributed by atoms with van der Waals surface area (Å²) >= 11 is 0. The molecule has 0 radical (unpaired) electrons. The zero-order valence-electron chi connectivity index (χ0n) is 43.0. The number of carbonyl (C=O) groups is 4. The molecule has 20 heteroatoms. The summed E-state index contributed by atoms with van der Waals surface area (Å²) in [5, 5.41) is 35.1. The molecular formula is C51H77N2O17P. The zero-order valence-corrected chi connectivity index (χ0v) is 43.9. The van der Waals surface area contributed by atoms with Crippen LogP contribution in [0.4, 0.5) is 5.69 Å². The van der Waals surface area contributed by atoms with Crippen molar-refractivity contribution in [1.82, 2.24) is 4.90 Å². The Morgan fingerprint density at radius 1 is 0.930 bits per heavy atom. The van der Waals surface area contributed by atoms with Crippen molar-refractivity contribution in [3.63, 3.8) is 0 Å². The van der Waals surface area contributed by atoms with Gasteiger partial charge in [-0.05, 0) is 113 Å². The first-order valence-corrected chi connectivity index (χ1v) is 26.4. The number of methoxy groups -OCH3 is 3. The number of nitrogens with zero attached hydrogens (tertiary/aromatic N) is 2. The topological polar surface area (TPSA) is 246 Å². The van der Waals surface area contributed by atoms with Crippen molar-refractivity contribution in [2.45, 2.75) is 173 Å². The van der Waals surface area contributed by atoms with E-state index in [1.807, 2.05) is 32.9 Å². The summed E-state index contributed by atoms with van der Waals surface area (Å²) in [5.41, 5.74) is 1.93. The molecule has 19 nitrogen and oxygen atoms in total. The number of rotatable bonds is 13. The summed E-state index contributed by atoms with van der Waals surface area (Å²) < 4.78 is 60.7. The molecule has 71 heavy (non-hydrogen) atoms. The molecule has 2 bridgehead atoms. The molecule has 398 valence electrons. The van der Waals surface area contributed by atoms with Gasteiger partial charge in [0.15, 0.2) is 0 Å². The van der Waals surface area contributed by atoms with Crippen LogP contribution in [-0.4, -0.2) is 133 Å². The third kappa shape index (κ3) is 14.5. The van der Waals surface area contributed by atoms with Crippen LogP contribution in [0.1, 0.15) is 118 Å². The lowest BCUT2D eigenvalue weighted by Gasteiger charge is -2.47. The van der Waals surface area contributed by atoms with Crippen molar-refractivity contribution in [3.8, 4) is 0 Å². The van der Waals surface area contributed by atoms with Gasteiger partial charge >= 0.3 is 13.8 Å². The van der Waals surface area contributed by atoms with Crippen LogP contribution in [0, 0.1) is 39.7 Å². The number of hydrogen-bond acceptors (Lipinski definition) is 17. The number of benzene rings is 1. The van der Waals surface area contributed by atoms with Gasteiger partial charge in [-0.1, -0.05) is 45.4 Å². The van der Waals surface area contributed by atoms with E-state index in [1.165, 1.54) is 52.7 Å². The summed E-state index contributed by atoms with van der Waals surface area (Å²) in [6.07, 6.45) is 1.94. The Balaban J connectivity index is 1.43. The summed E-state index contributed by atoms with van der Waals surface area (Å²) in [6.45, 7) is 10.8. The van der Waals surface area contributed by atoms with Gasteiger partial charge in [0.25, 0.3) is 17.4 Å². The van der Waals surface area contributed by atoms with E-state index < -0.39 is 103 Å². The fourth-order valence-electron chi connectivity index (χ4n) is 10.7. The standard InChI is InChI=1S/C51H77N2O17P/c1-11-37-23-30(2)22-31(3)24-44(64-8)47-45(65-9)26-33(5)51(59,69-47)48(56)49(57)52-21-13-12-14-39(52)50(58)68-46(34(6)40(54)28-41(37)55)32(4)25-36-17-20-42(43(27-36)63-7)70-71(62,66-10)67-29-35-15-18-38(19-16-35)53(60)61/h15-16,18-19,23,25,31,33-34,36-37,39-40,42-47,54,59H,11-14,17,20-22,24,26-29H2,1-10H3/b30-23+,32-25+/t31-,33+,34+,36-,37+,39-,40?,42+,43+,44-,45-,46+,47+,51+,71?/m0/s1. The molecule has 1 aliphatic carbocycles. The number of phosphoric ester groups is 1. The number of esters is 1. The second-order valence-corrected chi connectivity index (χ2v) is 21.8. The fraction of sp³-hybridized carbons (Fsp3) is 0.725. The number of Topliss-reactive ketones (excluding diaryl/α,β-unsaturated/α-hetero) is 2. The maximum Gasteiger partial charge on any atom is 0.475 e. The second kappa shape index (κ2) is 26.0. The Kier molecular flexibility index (Phi) is 21.3. The monoisotopic (exact) mass is 1020 g/mol. The minimum atomic E-state index is -4.14. The predicted molar refractivity (Wildman–Crippen MR) is 259 cm³/mol. The smallest absolute Gasteiger partial charge is 0.456 e. The normalized spacial score (nSPS) is 36.1. The van der Waals surface area contributed by atoms with Crippen LogP contribution in [0.25, 0.3) is 0 Å². The largest absolute Gasteiger partial charge is 0.475 e. The van der Waals surface area contributed by atoms with Crippen LogP contribution in [0.5, 0.6) is 0 Å². The van der Waals surface area contributed by atoms with Crippen LogP contribution in [0.15, 0.2) is 47.6 Å². The Morgan fingerprint density at radius 3 is 2.21 bits per heavy atom. The molecule has 15 atom stereocenters. The Morgan fingerprint density at radius 2 is 1.59 bits per heavy atom. The number of hydrogen-bond donors (Lipinski definition) is 2. The molecule has 0 aromatic heterocycles. The Bertz CT molecular complexity index is 2120. The number of amides is 1. The molecule has 2 unspecified atom stereocenters. The number of ketones is 2. The van der Waals surface area contributed by atoms with E-state index >= 15 is 0 Å². The number of nitro benzene ring substituents is 1. The summed E-state index contributed by atoms with van der Waals surface area (Å²) in [7, 11) is 1.58. The molecule has 5 rings (SSSR count). The molecule has 3 heterocycles. The van der Waals surface area contributed by atoms with E-state index in [-0.39, 0.29) is 55.7 Å². The number of non-ortho nitro benzene ring substituents is 1. The average molecular weight is 1020 g/mol. The van der Waals surface area contributed by atoms with Gasteiger partial charge in [0.2, 0.25) is 5.79 Å². The molecule has 3 aliphatic heterocycles. The maximum atomic E-state index is 14.6. The lowest BCUT2D eigenvalue weighted by molar-refractivity contribution is -0.384. The van der Waals surface area contributed by atoms with E-state index in [0.717, 1.165) is 10.5 Å². The van der Waals surface area contributed by atoms with E-state index in [4.69, 9.17) is 37.3 Å². The van der Waals surface area contributed by atoms with E-state index in [0.29, 0.717) is 62.5 Å². The second-order valence-electron chi connectivity index (χ2n) is 20.1. The molecule has 2 saturated heterocycles. The molecule has 1 aromatic carbocycles. The summed E-state index contributed by atoms with van der Waals surface area (Å²) in [6, 6.07) is 4.37. The number of aliphatic hydroxyl groups excluding tert-OH is 1. The molecular weight excluding hydrogens is 944 g/mol. The van der Waals surface area contributed by atoms with Crippen LogP contribution in [0.2, 0.25) is 0 Å². The minimum absolute atomic E-state index is 0.00802. The first kappa shape index (κ1) is 58.1. The lowest BCUT2D eigenvalue weighted by Crippen LogP contribution is -2.64. The molecule has 1 saturated carbocycles. The number of piperidine rings is 1. The first-order chi connectivity index (χ1) is 33.6. The Labute approximate surface area is 418 Å². The number of nitro groups is 1. The summed E-state index contributed by atoms with van der Waals surface area (Å²) in [5.74, 6) is -8.22. The molecule has 0 spiro atoms. The number of allylic oxidation sites excluding steroid dienone is 3. The average Bonchev–Trinajstić information content (AvgIpc) is 3.35. The van der Waals surface area contributed by atoms with Crippen LogP contribution in [-0.2, 0) is 67.6 Å². The van der Waals surface area contributed by atoms with Gasteiger partial charge in [-0.2, -0.15) is 0 Å². The maximum absolute atomic E-state index is 14.6. The molecule has 3 fully saturated rings. The highest BCUT2D eigenvalue weighted by molar-refractivity contribution is 7.48. The van der Waals surface area contributed by atoms with E-state index in [1.54, 1.807) is 20.8 Å². The number of carbonyl (C=O) groups excluding carboxylic acids is 4. The van der Waals surface area contributed by atoms with E-state index in [2.05, 4.69) is 0 Å². The summed E-state index contributed by atoms with van der Waals surface area (Å²) in [4.78, 5) is 69.0. The minimum Gasteiger partial charge on any atom is -0.456 e. The number of ether oxygens (including phenoxy) is 5. The highest BCUT2D eigenvalue weighted by Gasteiger charge is 2.56. The predicted octanol–water partition coefficient (Wildman–Crippen LogP) is 7.38. The SMILES string of the molecule is CC[C@@H]1/C=C(\C)C[C@H](C)C[C@H](OC)[C@H]2O[C@@](O)(C(=O)C(=O)N3CCCC[C@H]3C(=O)O[C@H](/C(C)=C/[C@@H]3CC[C@@H](OP(=O)(OC)OCc4ccc([N+](=O)[O-])cc4)[C@H](OC)C3)[C@H](C)C(O)CC1=O)[C@H](C)C[C@@H]2OC. The van der Waals surface area contributed by atoms with E-state index in [9.17, 15) is 44.1 Å². The Hall–Kier alpha value is -3.75. The van der Waals surface area contributed by atoms with Gasteiger partial charge in [0.05, 0.1) is 42.1 Å². The highest BCUT2D eigenvalue weighted by atomic mass is 31.2. The van der Waals surface area contributed by atoms with Gasteiger partial charge in [0.1, 0.15) is 24.0 Å². The van der Waals surface area contributed by atoms with Crippen LogP contribution < -0.4 is 0 Å². The molecule has 1 aromatic rings. The third-order valence-corrected chi connectivity index (χ3v) is 16.3. The first-order valence-electron chi connectivity index (χ1n) is 24.9. The molecule has 2 N–H and O–H groups in total. The van der Waals surface area contributed by atoms with Gasteiger partial charge in [0, 0.05) is 71.3 Å². The molecule has 4 aliphatic rings. The van der Waals surface area contributed by atoms with Crippen molar-refractivity contribution >= 4 is 37.0 Å². The number of phosphoric acid groups is 1. The zero-order chi connectivity index (χ0) is 52.4. The van der Waals surface area contributed by atoms with Crippen molar-refractivity contribution < 1.29 is 76.1 Å².